The minimum Gasteiger partial charge on any atom is -0.369 e. The van der Waals surface area contributed by atoms with Crippen LogP contribution < -0.4 is 10.2 Å². The molecule has 0 saturated carbocycles. The van der Waals surface area contributed by atoms with Gasteiger partial charge in [-0.2, -0.15) is 0 Å². The summed E-state index contributed by atoms with van der Waals surface area (Å²) in [6.45, 7) is 13.6. The fourth-order valence-corrected chi connectivity index (χ4v) is 4.87. The summed E-state index contributed by atoms with van der Waals surface area (Å²) >= 11 is 0. The lowest BCUT2D eigenvalue weighted by Crippen LogP contribution is -2.38. The number of rotatable bonds is 9. The highest BCUT2D eigenvalue weighted by Crippen LogP contribution is 2.29. The molecule has 0 spiro atoms. The lowest BCUT2D eigenvalue weighted by molar-refractivity contribution is -0.132. The normalized spacial score (nSPS) is 14.8. The van der Waals surface area contributed by atoms with Crippen molar-refractivity contribution in [3.63, 3.8) is 0 Å². The van der Waals surface area contributed by atoms with Gasteiger partial charge in [0.25, 0.3) is 5.91 Å². The number of amides is 3. The number of hydrogen-bond donors (Lipinski definition) is 1. The van der Waals surface area contributed by atoms with Crippen molar-refractivity contribution in [3.8, 4) is 0 Å². The smallest absolute Gasteiger partial charge is 0.256 e. The van der Waals surface area contributed by atoms with E-state index in [2.05, 4.69) is 17.1 Å². The van der Waals surface area contributed by atoms with Crippen LogP contribution in [0.1, 0.15) is 69.3 Å². The molecule has 0 aliphatic carbocycles. The Morgan fingerprint density at radius 1 is 0.919 bits per heavy atom. The van der Waals surface area contributed by atoms with E-state index in [4.69, 9.17) is 0 Å². The number of hydrogen-bond acceptors (Lipinski definition) is 4. The lowest BCUT2D eigenvalue weighted by Gasteiger charge is -2.29. The highest BCUT2D eigenvalue weighted by atomic mass is 16.2. The summed E-state index contributed by atoms with van der Waals surface area (Å²) in [4.78, 5) is 45.3. The van der Waals surface area contributed by atoms with E-state index >= 15 is 0 Å². The van der Waals surface area contributed by atoms with Gasteiger partial charge in [0.15, 0.2) is 0 Å². The topological polar surface area (TPSA) is 73.0 Å². The van der Waals surface area contributed by atoms with E-state index in [0.29, 0.717) is 44.0 Å². The molecule has 7 heteroatoms. The molecule has 200 valence electrons. The Bertz CT molecular complexity index is 1070. The van der Waals surface area contributed by atoms with Gasteiger partial charge in [-0.05, 0) is 50.5 Å². The number of anilines is 2. The van der Waals surface area contributed by atoms with Crippen LogP contribution in [0.3, 0.4) is 0 Å². The molecule has 1 N–H and O–H groups in total. The highest BCUT2D eigenvalue weighted by Gasteiger charge is 2.28. The first-order valence-corrected chi connectivity index (χ1v) is 13.6. The van der Waals surface area contributed by atoms with Crippen molar-refractivity contribution in [1.29, 1.82) is 0 Å². The van der Waals surface area contributed by atoms with Crippen LogP contribution in [0, 0.1) is 5.92 Å². The summed E-state index contributed by atoms with van der Waals surface area (Å²) < 4.78 is 0. The van der Waals surface area contributed by atoms with E-state index in [1.807, 2.05) is 75.1 Å². The largest absolute Gasteiger partial charge is 0.369 e. The van der Waals surface area contributed by atoms with E-state index in [-0.39, 0.29) is 29.6 Å². The summed E-state index contributed by atoms with van der Waals surface area (Å²) in [5.74, 6) is -0.258. The van der Waals surface area contributed by atoms with Gasteiger partial charge in [0, 0.05) is 56.6 Å². The zero-order valence-electron chi connectivity index (χ0n) is 23.0. The van der Waals surface area contributed by atoms with Crippen LogP contribution >= 0.6 is 0 Å². The molecule has 0 radical (unpaired) electrons. The van der Waals surface area contributed by atoms with Gasteiger partial charge in [0.05, 0.1) is 11.5 Å². The minimum atomic E-state index is -0.154. The maximum absolute atomic E-state index is 13.5. The monoisotopic (exact) mass is 506 g/mol. The third kappa shape index (κ3) is 6.90. The van der Waals surface area contributed by atoms with Crippen LogP contribution in [-0.4, -0.2) is 66.8 Å². The molecular formula is C30H42N4O3. The van der Waals surface area contributed by atoms with Crippen molar-refractivity contribution in [2.75, 3.05) is 49.5 Å². The van der Waals surface area contributed by atoms with Gasteiger partial charge in [0.2, 0.25) is 11.8 Å². The molecule has 1 saturated heterocycles. The third-order valence-electron chi connectivity index (χ3n) is 7.13. The van der Waals surface area contributed by atoms with Gasteiger partial charge in [-0.25, -0.2) is 0 Å². The number of nitrogens with zero attached hydrogens (tertiary/aromatic N) is 3. The average Bonchev–Trinajstić information content (AvgIpc) is 3.16. The second kappa shape index (κ2) is 13.3. The molecule has 3 rings (SSSR count). The molecule has 1 atom stereocenters. The molecule has 0 bridgehead atoms. The molecule has 1 aliphatic rings. The Morgan fingerprint density at radius 2 is 1.62 bits per heavy atom. The Kier molecular flexibility index (Phi) is 10.1. The standard InChI is InChI=1S/C30H42N4O3/c1-6-25(23-13-10-9-11-14-23)29(36)34-18-12-17-33(19-20-34)27-16-15-24(31-28(35)22(4)5)21-26(27)30(37)32(7-2)8-3/h9-11,13-16,21-22,25H,6-8,12,17-20H2,1-5H3,(H,31,35). The van der Waals surface area contributed by atoms with Gasteiger partial charge in [-0.1, -0.05) is 51.1 Å². The van der Waals surface area contributed by atoms with Gasteiger partial charge in [0.1, 0.15) is 0 Å². The number of carbonyl (C=O) groups excluding carboxylic acids is 3. The third-order valence-corrected chi connectivity index (χ3v) is 7.13. The molecule has 0 aromatic heterocycles. The van der Waals surface area contributed by atoms with Crippen molar-refractivity contribution < 1.29 is 14.4 Å². The number of carbonyl (C=O) groups is 3. The zero-order chi connectivity index (χ0) is 26.9. The fourth-order valence-electron chi connectivity index (χ4n) is 4.87. The highest BCUT2D eigenvalue weighted by molar-refractivity contribution is 6.02. The molecular weight excluding hydrogens is 464 g/mol. The van der Waals surface area contributed by atoms with Crippen molar-refractivity contribution in [3.05, 3.63) is 59.7 Å². The molecule has 3 amide bonds. The van der Waals surface area contributed by atoms with Crippen LogP contribution in [-0.2, 0) is 9.59 Å². The van der Waals surface area contributed by atoms with Crippen LogP contribution in [0.15, 0.2) is 48.5 Å². The van der Waals surface area contributed by atoms with Crippen LogP contribution in [0.5, 0.6) is 0 Å². The summed E-state index contributed by atoms with van der Waals surface area (Å²) in [6, 6.07) is 15.6. The first kappa shape index (κ1) is 28.2. The molecule has 1 heterocycles. The SMILES string of the molecule is CCC(C(=O)N1CCCN(c2ccc(NC(=O)C(C)C)cc2C(=O)N(CC)CC)CC1)c1ccccc1. The second-order valence-corrected chi connectivity index (χ2v) is 9.89. The van der Waals surface area contributed by atoms with Crippen molar-refractivity contribution in [2.24, 2.45) is 5.92 Å². The average molecular weight is 507 g/mol. The molecule has 2 aromatic carbocycles. The summed E-state index contributed by atoms with van der Waals surface area (Å²) in [7, 11) is 0. The molecule has 1 fully saturated rings. The predicted molar refractivity (Wildman–Crippen MR) is 150 cm³/mol. The lowest BCUT2D eigenvalue weighted by atomic mass is 9.95. The summed E-state index contributed by atoms with van der Waals surface area (Å²) in [6.07, 6.45) is 1.58. The maximum atomic E-state index is 13.5. The Labute approximate surface area is 221 Å². The van der Waals surface area contributed by atoms with Crippen molar-refractivity contribution >= 4 is 29.1 Å². The predicted octanol–water partition coefficient (Wildman–Crippen LogP) is 5.00. The molecule has 2 aromatic rings. The van der Waals surface area contributed by atoms with Crippen molar-refractivity contribution in [1.82, 2.24) is 9.80 Å². The Balaban J connectivity index is 1.84. The fraction of sp³-hybridized carbons (Fsp3) is 0.500. The van der Waals surface area contributed by atoms with Crippen LogP contribution in [0.4, 0.5) is 11.4 Å². The van der Waals surface area contributed by atoms with E-state index in [1.165, 1.54) is 0 Å². The Morgan fingerprint density at radius 3 is 2.24 bits per heavy atom. The van der Waals surface area contributed by atoms with E-state index in [1.54, 1.807) is 11.0 Å². The Hall–Kier alpha value is -3.35. The van der Waals surface area contributed by atoms with Crippen LogP contribution in [0.25, 0.3) is 0 Å². The van der Waals surface area contributed by atoms with Gasteiger partial charge in [-0.3, -0.25) is 14.4 Å². The zero-order valence-corrected chi connectivity index (χ0v) is 23.0. The van der Waals surface area contributed by atoms with Gasteiger partial charge < -0.3 is 20.0 Å². The molecule has 1 unspecified atom stereocenters. The van der Waals surface area contributed by atoms with Crippen molar-refractivity contribution in [2.45, 2.75) is 53.4 Å². The van der Waals surface area contributed by atoms with Crippen LogP contribution in [0.2, 0.25) is 0 Å². The van der Waals surface area contributed by atoms with Gasteiger partial charge >= 0.3 is 0 Å². The summed E-state index contributed by atoms with van der Waals surface area (Å²) in [5.41, 5.74) is 3.12. The molecule has 1 aliphatic heterocycles. The minimum absolute atomic E-state index is 0.0482. The second-order valence-electron chi connectivity index (χ2n) is 9.89. The maximum Gasteiger partial charge on any atom is 0.256 e. The number of nitrogens with one attached hydrogen (secondary N) is 1. The molecule has 7 nitrogen and oxygen atoms in total. The van der Waals surface area contributed by atoms with Gasteiger partial charge in [-0.15, -0.1) is 0 Å². The quantitative estimate of drug-likeness (QED) is 0.520. The first-order chi connectivity index (χ1) is 17.8. The first-order valence-electron chi connectivity index (χ1n) is 13.6. The number of benzene rings is 2. The molecule has 37 heavy (non-hydrogen) atoms. The van der Waals surface area contributed by atoms with E-state index in [9.17, 15) is 14.4 Å². The van der Waals surface area contributed by atoms with E-state index < -0.39 is 0 Å². The summed E-state index contributed by atoms with van der Waals surface area (Å²) in [5, 5.41) is 2.93. The van der Waals surface area contributed by atoms with E-state index in [0.717, 1.165) is 30.6 Å².